The van der Waals surface area contributed by atoms with Gasteiger partial charge in [0.1, 0.15) is 11.6 Å². The summed E-state index contributed by atoms with van der Waals surface area (Å²) in [7, 11) is 0. The molecule has 1 saturated heterocycles. The summed E-state index contributed by atoms with van der Waals surface area (Å²) in [5.74, 6) is 2.62. The number of carbonyl (C=O) groups excluding carboxylic acids is 1. The van der Waals surface area contributed by atoms with Crippen LogP contribution in [0.3, 0.4) is 0 Å². The molecule has 0 aliphatic carbocycles. The second-order valence-corrected chi connectivity index (χ2v) is 9.44. The van der Waals surface area contributed by atoms with Gasteiger partial charge in [0.25, 0.3) is 0 Å². The number of aromatic nitrogens is 4. The Morgan fingerprint density at radius 1 is 1.06 bits per heavy atom. The minimum absolute atomic E-state index is 0.0247. The van der Waals surface area contributed by atoms with Gasteiger partial charge in [0.05, 0.1) is 5.92 Å². The molecule has 1 atom stereocenters. The van der Waals surface area contributed by atoms with E-state index < -0.39 is 0 Å². The van der Waals surface area contributed by atoms with Crippen molar-refractivity contribution in [1.82, 2.24) is 30.0 Å². The van der Waals surface area contributed by atoms with Gasteiger partial charge in [-0.3, -0.25) is 14.7 Å². The van der Waals surface area contributed by atoms with Gasteiger partial charge in [0.15, 0.2) is 0 Å². The van der Waals surface area contributed by atoms with Crippen LogP contribution >= 0.6 is 0 Å². The smallest absolute Gasteiger partial charge is 0.225 e. The summed E-state index contributed by atoms with van der Waals surface area (Å²) in [6, 6.07) is 12.5. The topological polar surface area (TPSA) is 75.9 Å². The van der Waals surface area contributed by atoms with Gasteiger partial charge in [-0.2, -0.15) is 0 Å². The van der Waals surface area contributed by atoms with Gasteiger partial charge in [-0.15, -0.1) is 10.2 Å². The van der Waals surface area contributed by atoms with Gasteiger partial charge in [0, 0.05) is 44.4 Å². The van der Waals surface area contributed by atoms with Gasteiger partial charge in [-0.1, -0.05) is 35.9 Å². The van der Waals surface area contributed by atoms with Gasteiger partial charge in [-0.05, 0) is 56.5 Å². The van der Waals surface area contributed by atoms with Crippen LogP contribution in [0.4, 0.5) is 0 Å². The minimum atomic E-state index is -0.0247. The number of amides is 1. The Morgan fingerprint density at radius 3 is 2.64 bits per heavy atom. The summed E-state index contributed by atoms with van der Waals surface area (Å²) in [6.07, 6.45) is 7.56. The van der Waals surface area contributed by atoms with E-state index in [4.69, 9.17) is 0 Å². The number of benzene rings is 1. The first kappa shape index (κ1) is 21.8. The second-order valence-electron chi connectivity index (χ2n) is 9.44. The molecule has 2 aliphatic rings. The normalized spacial score (nSPS) is 19.2. The Morgan fingerprint density at radius 2 is 1.88 bits per heavy atom. The number of fused-ring (bicyclic) bond motifs is 1. The van der Waals surface area contributed by atoms with E-state index in [0.717, 1.165) is 62.5 Å². The van der Waals surface area contributed by atoms with E-state index >= 15 is 0 Å². The maximum atomic E-state index is 12.9. The van der Waals surface area contributed by atoms with E-state index in [1.54, 1.807) is 0 Å². The first-order valence-corrected chi connectivity index (χ1v) is 12.0. The van der Waals surface area contributed by atoms with Crippen LogP contribution in [0, 0.1) is 12.8 Å². The third-order valence-corrected chi connectivity index (χ3v) is 7.02. The van der Waals surface area contributed by atoms with Crippen molar-refractivity contribution in [2.75, 3.05) is 13.1 Å². The van der Waals surface area contributed by atoms with Gasteiger partial charge in [-0.25, -0.2) is 0 Å². The van der Waals surface area contributed by atoms with Crippen molar-refractivity contribution >= 4 is 5.91 Å². The van der Waals surface area contributed by atoms with Crippen molar-refractivity contribution in [3.05, 3.63) is 77.1 Å². The number of piperidine rings is 1. The zero-order valence-corrected chi connectivity index (χ0v) is 19.3. The molecule has 0 radical (unpaired) electrons. The molecule has 4 heterocycles. The van der Waals surface area contributed by atoms with Crippen LogP contribution in [0.2, 0.25) is 0 Å². The quantitative estimate of drug-likeness (QED) is 0.632. The van der Waals surface area contributed by atoms with Gasteiger partial charge < -0.3 is 9.88 Å². The minimum Gasteiger partial charge on any atom is -0.352 e. The molecule has 7 heteroatoms. The van der Waals surface area contributed by atoms with E-state index in [2.05, 4.69) is 67.2 Å². The Kier molecular flexibility index (Phi) is 6.48. The lowest BCUT2D eigenvalue weighted by molar-refractivity contribution is -0.126. The molecule has 0 unspecified atom stereocenters. The Labute approximate surface area is 195 Å². The number of carbonyl (C=O) groups is 1. The third kappa shape index (κ3) is 5.14. The fourth-order valence-corrected chi connectivity index (χ4v) is 5.00. The molecule has 33 heavy (non-hydrogen) atoms. The van der Waals surface area contributed by atoms with E-state index in [-0.39, 0.29) is 11.8 Å². The number of likely N-dealkylation sites (tertiary alicyclic amines) is 1. The molecule has 1 fully saturated rings. The number of hydrogen-bond acceptors (Lipinski definition) is 5. The number of aryl methyl sites for hydroxylation is 2. The van der Waals surface area contributed by atoms with Crippen LogP contribution in [0.1, 0.15) is 53.5 Å². The van der Waals surface area contributed by atoms with Crippen molar-refractivity contribution in [2.45, 2.75) is 58.2 Å². The Bertz CT molecular complexity index is 1070. The van der Waals surface area contributed by atoms with E-state index in [9.17, 15) is 4.79 Å². The lowest BCUT2D eigenvalue weighted by Gasteiger charge is -2.32. The number of nitrogens with one attached hydrogen (secondary N) is 1. The number of pyridine rings is 1. The molecular formula is C26H32N6O. The van der Waals surface area contributed by atoms with Crippen molar-refractivity contribution in [2.24, 2.45) is 5.92 Å². The van der Waals surface area contributed by atoms with E-state index in [1.165, 1.54) is 11.1 Å². The highest BCUT2D eigenvalue weighted by Gasteiger charge is 2.31. The molecule has 1 amide bonds. The maximum Gasteiger partial charge on any atom is 0.225 e. The fraction of sp³-hybridized carbons (Fsp3) is 0.462. The highest BCUT2D eigenvalue weighted by atomic mass is 16.1. The van der Waals surface area contributed by atoms with Crippen LogP contribution in [-0.2, 0) is 30.8 Å². The highest BCUT2D eigenvalue weighted by molar-refractivity contribution is 5.78. The van der Waals surface area contributed by atoms with Crippen molar-refractivity contribution < 1.29 is 4.79 Å². The first-order chi connectivity index (χ1) is 16.2. The molecule has 0 bridgehead atoms. The summed E-state index contributed by atoms with van der Waals surface area (Å²) in [5, 5.41) is 12.2. The van der Waals surface area contributed by atoms with Crippen LogP contribution in [0.25, 0.3) is 0 Å². The summed E-state index contributed by atoms with van der Waals surface area (Å²) < 4.78 is 2.24. The second kappa shape index (κ2) is 9.83. The summed E-state index contributed by atoms with van der Waals surface area (Å²) in [4.78, 5) is 19.6. The molecule has 3 aromatic rings. The molecule has 2 aromatic heterocycles. The predicted molar refractivity (Wildman–Crippen MR) is 126 cm³/mol. The number of nitrogens with zero attached hydrogens (tertiary/aromatic N) is 5. The van der Waals surface area contributed by atoms with Gasteiger partial charge in [0.2, 0.25) is 5.91 Å². The van der Waals surface area contributed by atoms with Crippen molar-refractivity contribution in [3.8, 4) is 0 Å². The van der Waals surface area contributed by atoms with Crippen molar-refractivity contribution in [1.29, 1.82) is 0 Å². The first-order valence-electron chi connectivity index (χ1n) is 12.0. The molecule has 2 aliphatic heterocycles. The van der Waals surface area contributed by atoms with Crippen LogP contribution in [0.15, 0.2) is 48.8 Å². The Balaban J connectivity index is 1.17. The Hall–Kier alpha value is -3.06. The SMILES string of the molecule is Cc1ccc(CNC(=O)[C@@H]2CCc3nnc(C4CCN(Cc5cccnc5)CC4)n3C2)cc1. The van der Waals surface area contributed by atoms with Crippen LogP contribution < -0.4 is 5.32 Å². The summed E-state index contributed by atoms with van der Waals surface area (Å²) >= 11 is 0. The zero-order chi connectivity index (χ0) is 22.6. The molecular weight excluding hydrogens is 412 g/mol. The number of rotatable bonds is 6. The molecule has 5 rings (SSSR count). The molecule has 7 nitrogen and oxygen atoms in total. The predicted octanol–water partition coefficient (Wildman–Crippen LogP) is 3.24. The third-order valence-electron chi connectivity index (χ3n) is 7.02. The maximum absolute atomic E-state index is 12.9. The van der Waals surface area contributed by atoms with E-state index in [1.807, 2.05) is 18.5 Å². The lowest BCUT2D eigenvalue weighted by Crippen LogP contribution is -2.37. The molecule has 1 N–H and O–H groups in total. The monoisotopic (exact) mass is 444 g/mol. The summed E-state index contributed by atoms with van der Waals surface area (Å²) in [5.41, 5.74) is 3.62. The molecule has 1 aromatic carbocycles. The standard InChI is InChI=1S/C26H32N6O/c1-19-4-6-20(7-5-19)16-28-26(33)23-8-9-24-29-30-25(32(24)18-23)22-10-13-31(14-11-22)17-21-3-2-12-27-15-21/h2-7,12,15,22-23H,8-11,13-14,16-18H2,1H3,(H,28,33)/t23-/m1/s1. The van der Waals surface area contributed by atoms with Gasteiger partial charge >= 0.3 is 0 Å². The largest absolute Gasteiger partial charge is 0.352 e. The van der Waals surface area contributed by atoms with E-state index in [0.29, 0.717) is 19.0 Å². The molecule has 0 spiro atoms. The summed E-state index contributed by atoms with van der Waals surface area (Å²) in [6.45, 7) is 6.37. The average molecular weight is 445 g/mol. The fourth-order valence-electron chi connectivity index (χ4n) is 5.00. The molecule has 172 valence electrons. The number of hydrogen-bond donors (Lipinski definition) is 1. The lowest BCUT2D eigenvalue weighted by atomic mass is 9.93. The average Bonchev–Trinajstić information content (AvgIpc) is 3.28. The van der Waals surface area contributed by atoms with Crippen LogP contribution in [-0.4, -0.2) is 43.6 Å². The van der Waals surface area contributed by atoms with Crippen molar-refractivity contribution in [3.63, 3.8) is 0 Å². The molecule has 0 saturated carbocycles. The zero-order valence-electron chi connectivity index (χ0n) is 19.3. The van der Waals surface area contributed by atoms with Crippen LogP contribution in [0.5, 0.6) is 0 Å². The highest BCUT2D eigenvalue weighted by Crippen LogP contribution is 2.31.